The van der Waals surface area contributed by atoms with Gasteiger partial charge in [-0.15, -0.1) is 11.8 Å². The molecule has 1 aromatic heterocycles. The fourth-order valence-corrected chi connectivity index (χ4v) is 3.14. The Morgan fingerprint density at radius 1 is 1.29 bits per heavy atom. The SMILES string of the molecule is Cc1cc(C(=O)CSC(C)c2ccc(F)cc2F)c(C)[nH]1. The van der Waals surface area contributed by atoms with E-state index < -0.39 is 11.6 Å². The zero-order chi connectivity index (χ0) is 15.6. The van der Waals surface area contributed by atoms with Crippen LogP contribution in [0.15, 0.2) is 24.3 Å². The highest BCUT2D eigenvalue weighted by molar-refractivity contribution is 8.00. The number of benzene rings is 1. The van der Waals surface area contributed by atoms with E-state index in [2.05, 4.69) is 4.98 Å². The molecule has 0 aliphatic heterocycles. The number of H-pyrrole nitrogens is 1. The number of hydrogen-bond donors (Lipinski definition) is 1. The maximum Gasteiger partial charge on any atom is 0.174 e. The van der Waals surface area contributed by atoms with Gasteiger partial charge >= 0.3 is 0 Å². The minimum Gasteiger partial charge on any atom is -0.362 e. The molecule has 1 heterocycles. The Labute approximate surface area is 127 Å². The summed E-state index contributed by atoms with van der Waals surface area (Å²) in [5.74, 6) is -0.897. The van der Waals surface area contributed by atoms with Crippen LogP contribution in [0.5, 0.6) is 0 Å². The molecule has 112 valence electrons. The molecule has 2 nitrogen and oxygen atoms in total. The predicted octanol–water partition coefficient (Wildman–Crippen LogP) is 4.59. The summed E-state index contributed by atoms with van der Waals surface area (Å²) in [5.41, 5.74) is 2.88. The molecule has 2 aromatic rings. The van der Waals surface area contributed by atoms with Crippen molar-refractivity contribution in [1.29, 1.82) is 0 Å². The topological polar surface area (TPSA) is 32.9 Å². The largest absolute Gasteiger partial charge is 0.362 e. The molecule has 1 aromatic carbocycles. The second kappa shape index (κ2) is 6.43. The van der Waals surface area contributed by atoms with Crippen molar-refractivity contribution in [2.24, 2.45) is 0 Å². The highest BCUT2D eigenvalue weighted by Gasteiger charge is 2.16. The Bertz CT molecular complexity index is 666. The Balaban J connectivity index is 2.02. The first-order valence-electron chi connectivity index (χ1n) is 6.64. The molecule has 0 saturated heterocycles. The maximum absolute atomic E-state index is 13.7. The van der Waals surface area contributed by atoms with Crippen molar-refractivity contribution in [2.45, 2.75) is 26.0 Å². The van der Waals surface area contributed by atoms with E-state index in [1.54, 1.807) is 0 Å². The maximum atomic E-state index is 13.7. The summed E-state index contributed by atoms with van der Waals surface area (Å²) >= 11 is 1.34. The van der Waals surface area contributed by atoms with E-state index in [0.29, 0.717) is 11.1 Å². The summed E-state index contributed by atoms with van der Waals surface area (Å²) in [6.07, 6.45) is 0. The number of aromatic nitrogens is 1. The summed E-state index contributed by atoms with van der Waals surface area (Å²) in [4.78, 5) is 15.3. The van der Waals surface area contributed by atoms with Gasteiger partial charge in [0.2, 0.25) is 0 Å². The van der Waals surface area contributed by atoms with Crippen molar-refractivity contribution < 1.29 is 13.6 Å². The lowest BCUT2D eigenvalue weighted by atomic mass is 10.1. The fourth-order valence-electron chi connectivity index (χ4n) is 2.21. The van der Waals surface area contributed by atoms with Crippen LogP contribution >= 0.6 is 11.8 Å². The molecule has 0 fully saturated rings. The average molecular weight is 309 g/mol. The van der Waals surface area contributed by atoms with E-state index in [9.17, 15) is 13.6 Å². The van der Waals surface area contributed by atoms with E-state index in [0.717, 1.165) is 17.5 Å². The number of ketones is 1. The van der Waals surface area contributed by atoms with E-state index >= 15 is 0 Å². The lowest BCUT2D eigenvalue weighted by molar-refractivity contribution is 0.102. The van der Waals surface area contributed by atoms with Gasteiger partial charge in [0.15, 0.2) is 5.78 Å². The third-order valence-electron chi connectivity index (χ3n) is 3.31. The molecule has 0 aliphatic rings. The second-order valence-corrected chi connectivity index (χ2v) is 6.36. The standard InChI is InChI=1S/C16H17F2NOS/c1-9-6-14(10(2)19-9)16(20)8-21-11(3)13-5-4-12(17)7-15(13)18/h4-7,11,19H,8H2,1-3H3. The molecule has 2 rings (SSSR count). The van der Waals surface area contributed by atoms with Gasteiger partial charge in [-0.3, -0.25) is 4.79 Å². The van der Waals surface area contributed by atoms with E-state index in [-0.39, 0.29) is 16.8 Å². The minimum atomic E-state index is -0.594. The molecule has 0 saturated carbocycles. The van der Waals surface area contributed by atoms with Crippen molar-refractivity contribution in [3.8, 4) is 0 Å². The summed E-state index contributed by atoms with van der Waals surface area (Å²) in [6.45, 7) is 5.56. The molecule has 0 bridgehead atoms. The van der Waals surface area contributed by atoms with Crippen LogP contribution in [0.1, 0.15) is 39.5 Å². The normalized spacial score (nSPS) is 12.4. The van der Waals surface area contributed by atoms with Gasteiger partial charge in [-0.2, -0.15) is 0 Å². The molecule has 1 atom stereocenters. The first kappa shape index (κ1) is 15.8. The van der Waals surface area contributed by atoms with Crippen LogP contribution in [-0.4, -0.2) is 16.5 Å². The molecular weight excluding hydrogens is 292 g/mol. The number of thioether (sulfide) groups is 1. The molecule has 0 amide bonds. The van der Waals surface area contributed by atoms with Crippen molar-refractivity contribution in [1.82, 2.24) is 4.98 Å². The van der Waals surface area contributed by atoms with Gasteiger partial charge in [-0.05, 0) is 32.9 Å². The van der Waals surface area contributed by atoms with Crippen LogP contribution in [0.25, 0.3) is 0 Å². The van der Waals surface area contributed by atoms with Crippen LogP contribution in [0.4, 0.5) is 8.78 Å². The number of carbonyl (C=O) groups excluding carboxylic acids is 1. The number of Topliss-reactive ketones (excluding diaryl/α,β-unsaturated/α-hetero) is 1. The van der Waals surface area contributed by atoms with Crippen LogP contribution in [0, 0.1) is 25.5 Å². The van der Waals surface area contributed by atoms with Gasteiger partial charge in [0, 0.05) is 33.8 Å². The van der Waals surface area contributed by atoms with Crippen molar-refractivity contribution in [3.05, 3.63) is 58.4 Å². The zero-order valence-electron chi connectivity index (χ0n) is 12.2. The molecular formula is C16H17F2NOS. The molecule has 0 spiro atoms. The second-order valence-electron chi connectivity index (χ2n) is 5.03. The average Bonchev–Trinajstić information content (AvgIpc) is 2.74. The third kappa shape index (κ3) is 3.73. The Morgan fingerprint density at radius 2 is 2.00 bits per heavy atom. The quantitative estimate of drug-likeness (QED) is 0.820. The molecule has 0 radical (unpaired) electrons. The number of hydrogen-bond acceptors (Lipinski definition) is 2. The van der Waals surface area contributed by atoms with Crippen LogP contribution in [0.3, 0.4) is 0 Å². The molecule has 1 N–H and O–H groups in total. The van der Waals surface area contributed by atoms with Gasteiger partial charge in [0.05, 0.1) is 5.75 Å². The third-order valence-corrected chi connectivity index (χ3v) is 4.50. The summed E-state index contributed by atoms with van der Waals surface area (Å²) in [6, 6.07) is 5.35. The lowest BCUT2D eigenvalue weighted by Crippen LogP contribution is -2.05. The van der Waals surface area contributed by atoms with Crippen molar-refractivity contribution >= 4 is 17.5 Å². The minimum absolute atomic E-state index is 0.0104. The smallest absolute Gasteiger partial charge is 0.174 e. The summed E-state index contributed by atoms with van der Waals surface area (Å²) in [5, 5.41) is -0.213. The van der Waals surface area contributed by atoms with Gasteiger partial charge < -0.3 is 4.98 Å². The van der Waals surface area contributed by atoms with Crippen LogP contribution in [-0.2, 0) is 0 Å². The number of carbonyl (C=O) groups is 1. The van der Waals surface area contributed by atoms with E-state index in [4.69, 9.17) is 0 Å². The fraction of sp³-hybridized carbons (Fsp3) is 0.312. The molecule has 0 aliphatic carbocycles. The first-order chi connectivity index (χ1) is 9.88. The van der Waals surface area contributed by atoms with Gasteiger partial charge in [0.25, 0.3) is 0 Å². The number of aryl methyl sites for hydroxylation is 2. The first-order valence-corrected chi connectivity index (χ1v) is 7.69. The zero-order valence-corrected chi connectivity index (χ0v) is 13.0. The molecule has 5 heteroatoms. The Morgan fingerprint density at radius 3 is 2.57 bits per heavy atom. The highest BCUT2D eigenvalue weighted by Crippen LogP contribution is 2.31. The molecule has 1 unspecified atom stereocenters. The van der Waals surface area contributed by atoms with Crippen molar-refractivity contribution in [2.75, 3.05) is 5.75 Å². The molecule has 21 heavy (non-hydrogen) atoms. The van der Waals surface area contributed by atoms with Crippen molar-refractivity contribution in [3.63, 3.8) is 0 Å². The number of halogens is 2. The van der Waals surface area contributed by atoms with Crippen LogP contribution < -0.4 is 0 Å². The summed E-state index contributed by atoms with van der Waals surface area (Å²) in [7, 11) is 0. The van der Waals surface area contributed by atoms with E-state index in [1.165, 1.54) is 23.9 Å². The highest BCUT2D eigenvalue weighted by atomic mass is 32.2. The number of nitrogens with one attached hydrogen (secondary N) is 1. The Kier molecular flexibility index (Phi) is 4.83. The van der Waals surface area contributed by atoms with Gasteiger partial charge in [-0.25, -0.2) is 8.78 Å². The lowest BCUT2D eigenvalue weighted by Gasteiger charge is -2.12. The monoisotopic (exact) mass is 309 g/mol. The van der Waals surface area contributed by atoms with Gasteiger partial charge in [-0.1, -0.05) is 6.07 Å². The van der Waals surface area contributed by atoms with E-state index in [1.807, 2.05) is 26.8 Å². The van der Waals surface area contributed by atoms with Crippen LogP contribution in [0.2, 0.25) is 0 Å². The number of rotatable bonds is 5. The summed E-state index contributed by atoms with van der Waals surface area (Å²) < 4.78 is 26.6. The van der Waals surface area contributed by atoms with Gasteiger partial charge in [0.1, 0.15) is 11.6 Å². The predicted molar refractivity (Wildman–Crippen MR) is 81.8 cm³/mol. The Hall–Kier alpha value is -1.62. The number of aromatic amines is 1.